The highest BCUT2D eigenvalue weighted by molar-refractivity contribution is 6.77. The molecule has 0 saturated carbocycles. The SMILES string of the molecule is COc1ccc(CO[C@@H]([C@H](C)[C@@H](O)/C(C)=C/[C@@H](C)[C@H](OCc2ccc(OC)cc2)[C@@H](C)CO)[C@H](C)/C=C(\C)[C@H](O[Si](C(C)C)(C(C)C)C(C)C)[C@H](C)O[Si](C)(C)C(C)(C)C)cc1. The van der Waals surface area contributed by atoms with Crippen LogP contribution in [0.2, 0.25) is 34.8 Å². The van der Waals surface area contributed by atoms with E-state index < -0.39 is 22.7 Å². The summed E-state index contributed by atoms with van der Waals surface area (Å²) in [6.45, 7) is 41.1. The minimum atomic E-state index is -2.33. The Kier molecular flexibility index (Phi) is 22.4. The summed E-state index contributed by atoms with van der Waals surface area (Å²) in [5, 5.41) is 22.5. The summed E-state index contributed by atoms with van der Waals surface area (Å²) in [6.07, 6.45) is 2.63. The molecule has 8 nitrogen and oxygen atoms in total. The molecule has 0 heterocycles. The second kappa shape index (κ2) is 24.8. The fourth-order valence-electron chi connectivity index (χ4n) is 9.25. The topological polar surface area (TPSA) is 95.8 Å². The Morgan fingerprint density at radius 1 is 0.629 bits per heavy atom. The van der Waals surface area contributed by atoms with Crippen molar-refractivity contribution in [1.82, 2.24) is 0 Å². The van der Waals surface area contributed by atoms with E-state index in [1.54, 1.807) is 14.2 Å². The molecule has 2 N–H and O–H groups in total. The fourth-order valence-corrected chi connectivity index (χ4v) is 16.3. The molecular weight excluding hydrogens is 809 g/mol. The Hall–Kier alpha value is -2.29. The number of aliphatic hydroxyl groups excluding tert-OH is 2. The predicted octanol–water partition coefficient (Wildman–Crippen LogP) is 12.9. The van der Waals surface area contributed by atoms with Gasteiger partial charge in [-0.3, -0.25) is 0 Å². The van der Waals surface area contributed by atoms with Gasteiger partial charge in [0.2, 0.25) is 8.32 Å². The number of rotatable bonds is 26. The van der Waals surface area contributed by atoms with Crippen LogP contribution in [0.15, 0.2) is 71.8 Å². The van der Waals surface area contributed by atoms with Gasteiger partial charge in [0.25, 0.3) is 0 Å². The molecule has 0 unspecified atom stereocenters. The third-order valence-electron chi connectivity index (χ3n) is 13.8. The molecule has 0 amide bonds. The van der Waals surface area contributed by atoms with E-state index >= 15 is 0 Å². The molecule has 0 bridgehead atoms. The number of hydrogen-bond acceptors (Lipinski definition) is 8. The lowest BCUT2D eigenvalue weighted by Crippen LogP contribution is -2.54. The first-order valence-corrected chi connectivity index (χ1v) is 28.3. The van der Waals surface area contributed by atoms with Crippen LogP contribution in [0.3, 0.4) is 0 Å². The quantitative estimate of drug-likeness (QED) is 0.0712. The lowest BCUT2D eigenvalue weighted by Gasteiger charge is -2.48. The van der Waals surface area contributed by atoms with Gasteiger partial charge in [0, 0.05) is 30.3 Å². The predicted molar refractivity (Wildman–Crippen MR) is 264 cm³/mol. The Morgan fingerprint density at radius 2 is 1.03 bits per heavy atom. The summed E-state index contributed by atoms with van der Waals surface area (Å²) in [6, 6.07) is 15.8. The van der Waals surface area contributed by atoms with Crippen LogP contribution in [-0.2, 0) is 31.5 Å². The number of aliphatic hydroxyl groups is 2. The van der Waals surface area contributed by atoms with E-state index in [-0.39, 0.29) is 59.7 Å². The standard InChI is InChI=1S/C52H90O8Si2/c1-34(2)62(35(3)4,36(5)6)60-51(43(13)59-61(19,20)52(14,15)16)40(10)30-39(9)50(58-33-45-23-27-47(56-18)28-24-45)42(12)48(54)37(7)29-38(8)49(41(11)31-53)57-32-44-21-25-46(55-17)26-22-44/h21-30,34-36,38-39,41-43,48-51,53-54H,31-33H2,1-20H3/b37-29+,40-30+/t38-,39-,41+,42-,43+,48+,49+,50-,51+/m1/s1. The van der Waals surface area contributed by atoms with Crippen molar-refractivity contribution in [2.24, 2.45) is 23.7 Å². The maximum absolute atomic E-state index is 12.2. The Morgan fingerprint density at radius 3 is 1.42 bits per heavy atom. The normalized spacial score (nSPS) is 18.0. The van der Waals surface area contributed by atoms with Crippen molar-refractivity contribution in [2.45, 2.75) is 189 Å². The average molecular weight is 899 g/mol. The highest BCUT2D eigenvalue weighted by Crippen LogP contribution is 2.45. The first-order valence-electron chi connectivity index (χ1n) is 23.3. The zero-order valence-electron chi connectivity index (χ0n) is 42.7. The van der Waals surface area contributed by atoms with E-state index in [9.17, 15) is 10.2 Å². The Bertz CT molecular complexity index is 1620. The minimum absolute atomic E-state index is 0.00664. The molecule has 354 valence electrons. The first kappa shape index (κ1) is 55.8. The van der Waals surface area contributed by atoms with Gasteiger partial charge in [-0.2, -0.15) is 0 Å². The third kappa shape index (κ3) is 15.1. The molecule has 0 aliphatic carbocycles. The Labute approximate surface area is 381 Å². The molecule has 62 heavy (non-hydrogen) atoms. The van der Waals surface area contributed by atoms with Crippen LogP contribution in [0.25, 0.3) is 0 Å². The summed E-state index contributed by atoms with van der Waals surface area (Å²) in [5.41, 5.74) is 5.27. The Balaban J connectivity index is 2.61. The van der Waals surface area contributed by atoms with Gasteiger partial charge in [-0.15, -0.1) is 0 Å². The fraction of sp³-hybridized carbons (Fsp3) is 0.692. The maximum Gasteiger partial charge on any atom is 0.201 e. The van der Waals surface area contributed by atoms with E-state index in [0.717, 1.165) is 33.8 Å². The van der Waals surface area contributed by atoms with Crippen molar-refractivity contribution in [3.05, 3.63) is 83.0 Å². The number of methoxy groups -OCH3 is 2. The average Bonchev–Trinajstić information content (AvgIpc) is 3.19. The largest absolute Gasteiger partial charge is 0.497 e. The van der Waals surface area contributed by atoms with Gasteiger partial charge >= 0.3 is 0 Å². The molecule has 0 radical (unpaired) electrons. The van der Waals surface area contributed by atoms with Crippen LogP contribution in [0.4, 0.5) is 0 Å². The number of hydrogen-bond donors (Lipinski definition) is 2. The molecule has 2 rings (SSSR count). The molecule has 0 aliphatic heterocycles. The molecular formula is C52H90O8Si2. The van der Waals surface area contributed by atoms with Crippen LogP contribution in [0, 0.1) is 23.7 Å². The van der Waals surface area contributed by atoms with Crippen molar-refractivity contribution in [3.63, 3.8) is 0 Å². The van der Waals surface area contributed by atoms with Crippen LogP contribution in [0.1, 0.15) is 122 Å². The van der Waals surface area contributed by atoms with Crippen molar-refractivity contribution < 1.29 is 38.0 Å². The molecule has 10 heteroatoms. The van der Waals surface area contributed by atoms with Crippen LogP contribution < -0.4 is 9.47 Å². The zero-order valence-corrected chi connectivity index (χ0v) is 44.7. The summed E-state index contributed by atoms with van der Waals surface area (Å²) >= 11 is 0. The molecule has 2 aromatic rings. The molecule has 9 atom stereocenters. The van der Waals surface area contributed by atoms with E-state index in [2.05, 4.69) is 122 Å². The molecule has 0 aliphatic rings. The van der Waals surface area contributed by atoms with Crippen molar-refractivity contribution in [1.29, 1.82) is 0 Å². The van der Waals surface area contributed by atoms with E-state index in [0.29, 0.717) is 29.8 Å². The molecule has 0 aromatic heterocycles. The zero-order chi connectivity index (χ0) is 47.3. The highest BCUT2D eigenvalue weighted by Gasteiger charge is 2.49. The van der Waals surface area contributed by atoms with Crippen LogP contribution in [-0.4, -0.2) is 78.2 Å². The minimum Gasteiger partial charge on any atom is -0.497 e. The summed E-state index contributed by atoms with van der Waals surface area (Å²) in [5.74, 6) is 1.03. The van der Waals surface area contributed by atoms with Crippen LogP contribution >= 0.6 is 0 Å². The van der Waals surface area contributed by atoms with E-state index in [1.807, 2.05) is 62.4 Å². The summed E-state index contributed by atoms with van der Waals surface area (Å²) in [4.78, 5) is 0. The maximum atomic E-state index is 12.2. The van der Waals surface area contributed by atoms with Gasteiger partial charge in [0.15, 0.2) is 8.32 Å². The lowest BCUT2D eigenvalue weighted by atomic mass is 9.83. The van der Waals surface area contributed by atoms with Gasteiger partial charge in [-0.05, 0) is 102 Å². The smallest absolute Gasteiger partial charge is 0.201 e. The second-order valence-electron chi connectivity index (χ2n) is 20.7. The number of benzene rings is 2. The molecule has 0 spiro atoms. The second-order valence-corrected chi connectivity index (χ2v) is 30.9. The van der Waals surface area contributed by atoms with Crippen molar-refractivity contribution in [3.8, 4) is 11.5 Å². The van der Waals surface area contributed by atoms with Gasteiger partial charge < -0.3 is 38.0 Å². The van der Waals surface area contributed by atoms with Crippen molar-refractivity contribution >= 4 is 16.6 Å². The summed E-state index contributed by atoms with van der Waals surface area (Å²) < 4.78 is 38.9. The third-order valence-corrected chi connectivity index (χ3v) is 24.5. The molecule has 2 aromatic carbocycles. The van der Waals surface area contributed by atoms with Gasteiger partial charge in [0.1, 0.15) is 11.5 Å². The van der Waals surface area contributed by atoms with Crippen LogP contribution in [0.5, 0.6) is 11.5 Å². The lowest BCUT2D eigenvalue weighted by molar-refractivity contribution is -0.0487. The molecule has 0 fully saturated rings. The van der Waals surface area contributed by atoms with E-state index in [1.165, 1.54) is 0 Å². The summed E-state index contributed by atoms with van der Waals surface area (Å²) in [7, 11) is -1.15. The monoisotopic (exact) mass is 899 g/mol. The van der Waals surface area contributed by atoms with Gasteiger partial charge in [-0.25, -0.2) is 0 Å². The van der Waals surface area contributed by atoms with Gasteiger partial charge in [0.05, 0.1) is 58.0 Å². The molecule has 0 saturated heterocycles. The van der Waals surface area contributed by atoms with Crippen molar-refractivity contribution in [2.75, 3.05) is 20.8 Å². The highest BCUT2D eigenvalue weighted by atomic mass is 28.4. The van der Waals surface area contributed by atoms with Gasteiger partial charge in [-0.1, -0.05) is 126 Å². The first-order chi connectivity index (χ1) is 28.8. The number of ether oxygens (including phenoxy) is 4. The van der Waals surface area contributed by atoms with E-state index in [4.69, 9.17) is 27.8 Å².